The van der Waals surface area contributed by atoms with Gasteiger partial charge in [0.1, 0.15) is 5.82 Å². The zero-order chi connectivity index (χ0) is 12.8. The second-order valence-corrected chi connectivity index (χ2v) is 6.18. The smallest absolute Gasteiger partial charge is 0.124 e. The highest BCUT2D eigenvalue weighted by Crippen LogP contribution is 2.18. The van der Waals surface area contributed by atoms with E-state index in [1.54, 1.807) is 35.2 Å². The Labute approximate surface area is 115 Å². The first-order chi connectivity index (χ1) is 8.75. The van der Waals surface area contributed by atoms with Crippen LogP contribution in [0.25, 0.3) is 0 Å². The number of nitrogens with one attached hydrogen (secondary N) is 1. The fraction of sp³-hybridized carbons (Fsp3) is 0.286. The molecule has 0 unspecified atom stereocenters. The number of aryl methyl sites for hydroxylation is 1. The quantitative estimate of drug-likeness (QED) is 0.632. The van der Waals surface area contributed by atoms with E-state index in [0.29, 0.717) is 0 Å². The molecule has 0 saturated heterocycles. The van der Waals surface area contributed by atoms with Crippen molar-refractivity contribution < 1.29 is 4.39 Å². The van der Waals surface area contributed by atoms with Gasteiger partial charge in [-0.1, -0.05) is 6.07 Å². The van der Waals surface area contributed by atoms with Crippen molar-refractivity contribution >= 4 is 23.1 Å². The third-order valence-electron chi connectivity index (χ3n) is 2.60. The van der Waals surface area contributed by atoms with Gasteiger partial charge in [0.25, 0.3) is 0 Å². The third-order valence-corrected chi connectivity index (χ3v) is 4.62. The second-order valence-electron chi connectivity index (χ2n) is 4.01. The van der Waals surface area contributed by atoms with Crippen LogP contribution in [0.5, 0.6) is 0 Å². The van der Waals surface area contributed by atoms with Crippen LogP contribution < -0.4 is 5.32 Å². The molecule has 0 saturated carbocycles. The molecule has 0 aliphatic heterocycles. The normalized spacial score (nSPS) is 10.8. The van der Waals surface area contributed by atoms with Crippen molar-refractivity contribution in [3.63, 3.8) is 0 Å². The molecule has 0 radical (unpaired) electrons. The largest absolute Gasteiger partial charge is 0.311 e. The minimum Gasteiger partial charge on any atom is -0.311 e. The van der Waals surface area contributed by atoms with Gasteiger partial charge in [-0.15, -0.1) is 23.1 Å². The first-order valence-electron chi connectivity index (χ1n) is 5.88. The van der Waals surface area contributed by atoms with Crippen molar-refractivity contribution in [3.05, 3.63) is 52.0 Å². The van der Waals surface area contributed by atoms with Crippen LogP contribution in [-0.4, -0.2) is 12.3 Å². The number of hydrogen-bond donors (Lipinski definition) is 1. The predicted molar refractivity (Wildman–Crippen MR) is 77.9 cm³/mol. The van der Waals surface area contributed by atoms with Gasteiger partial charge in [-0.2, -0.15) is 0 Å². The van der Waals surface area contributed by atoms with Crippen LogP contribution in [0.15, 0.2) is 40.6 Å². The molecule has 1 N–H and O–H groups in total. The Morgan fingerprint density at radius 3 is 2.94 bits per heavy atom. The maximum atomic E-state index is 12.9. The van der Waals surface area contributed by atoms with E-state index in [9.17, 15) is 4.39 Å². The van der Waals surface area contributed by atoms with Crippen LogP contribution in [0.4, 0.5) is 4.39 Å². The standard InChI is InChI=1S/C14H16FNS2/c1-11-5-7-18-14(11)10-16-6-8-17-13-4-2-3-12(15)9-13/h2-5,7,9,16H,6,8,10H2,1H3. The highest BCUT2D eigenvalue weighted by molar-refractivity contribution is 7.99. The predicted octanol–water partition coefficient (Wildman–Crippen LogP) is 4.08. The van der Waals surface area contributed by atoms with Gasteiger partial charge in [-0.3, -0.25) is 0 Å². The molecule has 1 aromatic heterocycles. The first-order valence-corrected chi connectivity index (χ1v) is 7.74. The van der Waals surface area contributed by atoms with Gasteiger partial charge in [-0.05, 0) is 42.1 Å². The van der Waals surface area contributed by atoms with Crippen molar-refractivity contribution in [3.8, 4) is 0 Å². The van der Waals surface area contributed by atoms with E-state index in [1.165, 1.54) is 16.5 Å². The molecule has 0 amide bonds. The van der Waals surface area contributed by atoms with Gasteiger partial charge in [0, 0.05) is 28.6 Å². The summed E-state index contributed by atoms with van der Waals surface area (Å²) in [5.74, 6) is 0.788. The number of thiophene rings is 1. The molecule has 96 valence electrons. The summed E-state index contributed by atoms with van der Waals surface area (Å²) in [6.45, 7) is 3.99. The fourth-order valence-corrected chi connectivity index (χ4v) is 3.31. The average Bonchev–Trinajstić information content (AvgIpc) is 2.75. The van der Waals surface area contributed by atoms with Gasteiger partial charge >= 0.3 is 0 Å². The summed E-state index contributed by atoms with van der Waals surface area (Å²) in [6.07, 6.45) is 0. The molecule has 0 fully saturated rings. The number of benzene rings is 1. The Morgan fingerprint density at radius 2 is 2.22 bits per heavy atom. The van der Waals surface area contributed by atoms with Gasteiger partial charge in [0.05, 0.1) is 0 Å². The maximum Gasteiger partial charge on any atom is 0.124 e. The number of thioether (sulfide) groups is 1. The Kier molecular flexibility index (Phi) is 5.23. The molecule has 2 aromatic rings. The molecule has 0 aliphatic rings. The molecule has 2 rings (SSSR count). The number of hydrogen-bond acceptors (Lipinski definition) is 3. The van der Waals surface area contributed by atoms with E-state index in [2.05, 4.69) is 23.7 Å². The number of halogens is 1. The molecule has 0 atom stereocenters. The van der Waals surface area contributed by atoms with Crippen molar-refractivity contribution in [1.29, 1.82) is 0 Å². The summed E-state index contributed by atoms with van der Waals surface area (Å²) in [5, 5.41) is 5.53. The van der Waals surface area contributed by atoms with E-state index < -0.39 is 0 Å². The van der Waals surface area contributed by atoms with Crippen LogP contribution in [-0.2, 0) is 6.54 Å². The summed E-state index contributed by atoms with van der Waals surface area (Å²) in [4.78, 5) is 2.38. The van der Waals surface area contributed by atoms with Gasteiger partial charge in [0.15, 0.2) is 0 Å². The molecule has 0 spiro atoms. The van der Waals surface area contributed by atoms with Gasteiger partial charge in [0.2, 0.25) is 0 Å². The second kappa shape index (κ2) is 6.92. The maximum absolute atomic E-state index is 12.9. The Bertz CT molecular complexity index is 496. The molecule has 4 heteroatoms. The lowest BCUT2D eigenvalue weighted by molar-refractivity contribution is 0.624. The van der Waals surface area contributed by atoms with Crippen molar-refractivity contribution in [1.82, 2.24) is 5.32 Å². The minimum atomic E-state index is -0.165. The Morgan fingerprint density at radius 1 is 1.33 bits per heavy atom. The Balaban J connectivity index is 1.66. The van der Waals surface area contributed by atoms with Crippen LogP contribution in [0.2, 0.25) is 0 Å². The van der Waals surface area contributed by atoms with Crippen LogP contribution in [0.3, 0.4) is 0 Å². The van der Waals surface area contributed by atoms with E-state index in [4.69, 9.17) is 0 Å². The molecule has 1 heterocycles. The third kappa shape index (κ3) is 4.12. The summed E-state index contributed by atoms with van der Waals surface area (Å²) >= 11 is 3.46. The molecule has 18 heavy (non-hydrogen) atoms. The van der Waals surface area contributed by atoms with Crippen molar-refractivity contribution in [2.75, 3.05) is 12.3 Å². The summed E-state index contributed by atoms with van der Waals surface area (Å²) in [5.41, 5.74) is 1.35. The zero-order valence-electron chi connectivity index (χ0n) is 10.3. The average molecular weight is 281 g/mol. The summed E-state index contributed by atoms with van der Waals surface area (Å²) in [7, 11) is 0. The van der Waals surface area contributed by atoms with E-state index in [0.717, 1.165) is 23.7 Å². The minimum absolute atomic E-state index is 0.165. The van der Waals surface area contributed by atoms with Crippen LogP contribution >= 0.6 is 23.1 Å². The zero-order valence-corrected chi connectivity index (χ0v) is 11.9. The highest BCUT2D eigenvalue weighted by Gasteiger charge is 1.99. The summed E-state index contributed by atoms with van der Waals surface area (Å²) in [6, 6.07) is 8.89. The number of rotatable bonds is 6. The molecule has 0 aliphatic carbocycles. The van der Waals surface area contributed by atoms with Gasteiger partial charge < -0.3 is 5.32 Å². The lowest BCUT2D eigenvalue weighted by atomic mass is 10.3. The SMILES string of the molecule is Cc1ccsc1CNCCSc1cccc(F)c1. The highest BCUT2D eigenvalue weighted by atomic mass is 32.2. The van der Waals surface area contributed by atoms with E-state index >= 15 is 0 Å². The molecular weight excluding hydrogens is 265 g/mol. The Hall–Kier alpha value is -0.840. The molecule has 1 aromatic carbocycles. The van der Waals surface area contributed by atoms with Crippen molar-refractivity contribution in [2.24, 2.45) is 0 Å². The van der Waals surface area contributed by atoms with E-state index in [-0.39, 0.29) is 5.82 Å². The lowest BCUT2D eigenvalue weighted by Crippen LogP contribution is -2.16. The van der Waals surface area contributed by atoms with Crippen molar-refractivity contribution in [2.45, 2.75) is 18.4 Å². The monoisotopic (exact) mass is 281 g/mol. The van der Waals surface area contributed by atoms with E-state index in [1.807, 2.05) is 6.07 Å². The van der Waals surface area contributed by atoms with Crippen LogP contribution in [0, 0.1) is 12.7 Å². The fourth-order valence-electron chi connectivity index (χ4n) is 1.58. The lowest BCUT2D eigenvalue weighted by Gasteiger charge is -2.04. The van der Waals surface area contributed by atoms with Gasteiger partial charge in [-0.25, -0.2) is 4.39 Å². The van der Waals surface area contributed by atoms with Crippen LogP contribution in [0.1, 0.15) is 10.4 Å². The molecule has 0 bridgehead atoms. The summed E-state index contributed by atoms with van der Waals surface area (Å²) < 4.78 is 12.9. The first kappa shape index (κ1) is 13.6. The molecular formula is C14H16FNS2. The topological polar surface area (TPSA) is 12.0 Å². The molecule has 1 nitrogen and oxygen atoms in total.